The first-order valence-corrected chi connectivity index (χ1v) is 9.84. The highest BCUT2D eigenvalue weighted by molar-refractivity contribution is 5.94. The van der Waals surface area contributed by atoms with Gasteiger partial charge < -0.3 is 10.2 Å². The Hall–Kier alpha value is -2.59. The molecule has 2 aromatic carbocycles. The number of amides is 1. The lowest BCUT2D eigenvalue weighted by Gasteiger charge is -2.38. The molecule has 4 rings (SSSR count). The zero-order chi connectivity index (χ0) is 18.6. The summed E-state index contributed by atoms with van der Waals surface area (Å²) < 4.78 is 0. The van der Waals surface area contributed by atoms with Crippen LogP contribution in [0, 0.1) is 0 Å². The number of rotatable bonds is 4. The molecule has 1 atom stereocenters. The first-order valence-electron chi connectivity index (χ1n) is 9.84. The Morgan fingerprint density at radius 2 is 1.78 bits per heavy atom. The first kappa shape index (κ1) is 17.8. The van der Waals surface area contributed by atoms with Crippen LogP contribution in [0.3, 0.4) is 0 Å². The van der Waals surface area contributed by atoms with Gasteiger partial charge in [0.05, 0.1) is 0 Å². The van der Waals surface area contributed by atoms with Gasteiger partial charge in [-0.25, -0.2) is 0 Å². The van der Waals surface area contributed by atoms with Crippen LogP contribution in [-0.4, -0.2) is 43.0 Å². The highest BCUT2D eigenvalue weighted by Gasteiger charge is 2.20. The number of anilines is 2. The van der Waals surface area contributed by atoms with Crippen molar-refractivity contribution in [1.82, 2.24) is 4.90 Å². The SMILES string of the molecule is CC(C=Cc1ccc2c(c1)CCC(=O)N2)N1CCN(c2ccccc2)CC1. The number of piperazine rings is 1. The van der Waals surface area contributed by atoms with E-state index in [0.717, 1.165) is 38.3 Å². The lowest BCUT2D eigenvalue weighted by Crippen LogP contribution is -2.49. The Morgan fingerprint density at radius 1 is 1.00 bits per heavy atom. The Bertz CT molecular complexity index is 823. The first-order chi connectivity index (χ1) is 13.2. The molecule has 2 aliphatic heterocycles. The normalized spacial score (nSPS) is 19.0. The lowest BCUT2D eigenvalue weighted by molar-refractivity contribution is -0.116. The van der Waals surface area contributed by atoms with Crippen LogP contribution in [0.2, 0.25) is 0 Å². The van der Waals surface area contributed by atoms with E-state index in [4.69, 9.17) is 0 Å². The Kier molecular flexibility index (Phi) is 5.26. The van der Waals surface area contributed by atoms with Gasteiger partial charge in [0, 0.05) is 50.0 Å². The molecule has 0 spiro atoms. The van der Waals surface area contributed by atoms with Crippen LogP contribution in [0.4, 0.5) is 11.4 Å². The molecule has 0 bridgehead atoms. The van der Waals surface area contributed by atoms with Gasteiger partial charge >= 0.3 is 0 Å². The number of benzene rings is 2. The largest absolute Gasteiger partial charge is 0.369 e. The number of nitrogens with one attached hydrogen (secondary N) is 1. The summed E-state index contributed by atoms with van der Waals surface area (Å²) in [4.78, 5) is 16.5. The van der Waals surface area contributed by atoms with Crippen molar-refractivity contribution in [3.8, 4) is 0 Å². The van der Waals surface area contributed by atoms with Crippen LogP contribution in [0.1, 0.15) is 24.5 Å². The van der Waals surface area contributed by atoms with Gasteiger partial charge in [-0.3, -0.25) is 9.69 Å². The molecule has 0 aromatic heterocycles. The van der Waals surface area contributed by atoms with Crippen molar-refractivity contribution in [2.75, 3.05) is 36.4 Å². The smallest absolute Gasteiger partial charge is 0.224 e. The summed E-state index contributed by atoms with van der Waals surface area (Å²) in [6.45, 7) is 6.57. The second kappa shape index (κ2) is 7.97. The van der Waals surface area contributed by atoms with Crippen LogP contribution >= 0.6 is 0 Å². The molecule has 2 heterocycles. The zero-order valence-corrected chi connectivity index (χ0v) is 15.9. The number of carbonyl (C=O) groups is 1. The molecule has 140 valence electrons. The van der Waals surface area contributed by atoms with Crippen molar-refractivity contribution in [1.29, 1.82) is 0 Å². The van der Waals surface area contributed by atoms with E-state index in [1.165, 1.54) is 16.8 Å². The molecule has 1 amide bonds. The minimum atomic E-state index is 0.119. The third-order valence-corrected chi connectivity index (χ3v) is 5.60. The van der Waals surface area contributed by atoms with Gasteiger partial charge in [0.25, 0.3) is 0 Å². The Morgan fingerprint density at radius 3 is 2.56 bits per heavy atom. The third kappa shape index (κ3) is 4.22. The maximum atomic E-state index is 11.5. The van der Waals surface area contributed by atoms with Crippen LogP contribution in [0.15, 0.2) is 54.6 Å². The average molecular weight is 361 g/mol. The summed E-state index contributed by atoms with van der Waals surface area (Å²) in [5.74, 6) is 0.119. The van der Waals surface area contributed by atoms with E-state index >= 15 is 0 Å². The van der Waals surface area contributed by atoms with Crippen LogP contribution < -0.4 is 10.2 Å². The van der Waals surface area contributed by atoms with Gasteiger partial charge in [0.15, 0.2) is 0 Å². The molecule has 4 heteroatoms. The summed E-state index contributed by atoms with van der Waals surface area (Å²) in [7, 11) is 0. The second-order valence-corrected chi connectivity index (χ2v) is 7.42. The standard InChI is InChI=1S/C23H27N3O/c1-18(25-13-15-26(16-14-25)21-5-3-2-4-6-21)7-8-19-9-11-22-20(17-19)10-12-23(27)24-22/h2-9,11,17-18H,10,12-16H2,1H3,(H,24,27). The molecular formula is C23H27N3O. The van der Waals surface area contributed by atoms with E-state index in [0.29, 0.717) is 12.5 Å². The third-order valence-electron chi connectivity index (χ3n) is 5.60. The molecule has 1 saturated heterocycles. The van der Waals surface area contributed by atoms with Gasteiger partial charge in [-0.2, -0.15) is 0 Å². The Labute approximate surface area is 161 Å². The molecular weight excluding hydrogens is 334 g/mol. The predicted octanol–water partition coefficient (Wildman–Crippen LogP) is 3.80. The summed E-state index contributed by atoms with van der Waals surface area (Å²) >= 11 is 0. The van der Waals surface area contributed by atoms with Crippen LogP contribution in [0.5, 0.6) is 0 Å². The summed E-state index contributed by atoms with van der Waals surface area (Å²) in [6, 6.07) is 17.4. The van der Waals surface area contributed by atoms with E-state index in [1.807, 2.05) is 6.07 Å². The second-order valence-electron chi connectivity index (χ2n) is 7.42. The molecule has 1 fully saturated rings. The minimum absolute atomic E-state index is 0.119. The van der Waals surface area contributed by atoms with Crippen LogP contribution in [-0.2, 0) is 11.2 Å². The van der Waals surface area contributed by atoms with Gasteiger partial charge in [-0.1, -0.05) is 36.4 Å². The predicted molar refractivity (Wildman–Crippen MR) is 112 cm³/mol. The fourth-order valence-corrected chi connectivity index (χ4v) is 3.91. The zero-order valence-electron chi connectivity index (χ0n) is 15.9. The highest BCUT2D eigenvalue weighted by Crippen LogP contribution is 2.24. The molecule has 2 aliphatic rings. The molecule has 27 heavy (non-hydrogen) atoms. The summed E-state index contributed by atoms with van der Waals surface area (Å²) in [5, 5.41) is 2.95. The average Bonchev–Trinajstić information content (AvgIpc) is 2.72. The maximum Gasteiger partial charge on any atom is 0.224 e. The summed E-state index contributed by atoms with van der Waals surface area (Å²) in [6.07, 6.45) is 5.92. The molecule has 0 saturated carbocycles. The number of hydrogen-bond acceptors (Lipinski definition) is 3. The highest BCUT2D eigenvalue weighted by atomic mass is 16.1. The van der Waals surface area contributed by atoms with E-state index in [1.54, 1.807) is 0 Å². The van der Waals surface area contributed by atoms with E-state index in [2.05, 4.69) is 76.7 Å². The molecule has 0 aliphatic carbocycles. The number of fused-ring (bicyclic) bond motifs is 1. The van der Waals surface area contributed by atoms with Crippen molar-refractivity contribution in [2.45, 2.75) is 25.8 Å². The maximum absolute atomic E-state index is 11.5. The number of para-hydroxylation sites is 1. The Balaban J connectivity index is 1.34. The fraction of sp³-hybridized carbons (Fsp3) is 0.348. The van der Waals surface area contributed by atoms with Gasteiger partial charge in [-0.05, 0) is 48.7 Å². The molecule has 4 nitrogen and oxygen atoms in total. The minimum Gasteiger partial charge on any atom is -0.369 e. The van der Waals surface area contributed by atoms with Crippen molar-refractivity contribution in [3.05, 3.63) is 65.7 Å². The van der Waals surface area contributed by atoms with Gasteiger partial charge in [0.2, 0.25) is 5.91 Å². The van der Waals surface area contributed by atoms with Gasteiger partial charge in [0.1, 0.15) is 0 Å². The summed E-state index contributed by atoms with van der Waals surface area (Å²) in [5.41, 5.74) is 4.73. The number of aryl methyl sites for hydroxylation is 1. The van der Waals surface area contributed by atoms with E-state index < -0.39 is 0 Å². The number of carbonyl (C=O) groups excluding carboxylic acids is 1. The van der Waals surface area contributed by atoms with E-state index in [-0.39, 0.29) is 5.91 Å². The van der Waals surface area contributed by atoms with Gasteiger partial charge in [-0.15, -0.1) is 0 Å². The van der Waals surface area contributed by atoms with Crippen molar-refractivity contribution < 1.29 is 4.79 Å². The molecule has 2 aromatic rings. The van der Waals surface area contributed by atoms with Crippen molar-refractivity contribution in [3.63, 3.8) is 0 Å². The van der Waals surface area contributed by atoms with Crippen LogP contribution in [0.25, 0.3) is 6.08 Å². The quantitative estimate of drug-likeness (QED) is 0.900. The molecule has 1 unspecified atom stereocenters. The molecule has 0 radical (unpaired) electrons. The van der Waals surface area contributed by atoms with Crippen molar-refractivity contribution >= 4 is 23.4 Å². The number of nitrogens with zero attached hydrogens (tertiary/aromatic N) is 2. The molecule has 1 N–H and O–H groups in total. The van der Waals surface area contributed by atoms with Crippen molar-refractivity contribution in [2.24, 2.45) is 0 Å². The topological polar surface area (TPSA) is 35.6 Å². The number of hydrogen-bond donors (Lipinski definition) is 1. The lowest BCUT2D eigenvalue weighted by atomic mass is 10.00. The fourth-order valence-electron chi connectivity index (χ4n) is 3.91. The monoisotopic (exact) mass is 361 g/mol. The van der Waals surface area contributed by atoms with E-state index in [9.17, 15) is 4.79 Å².